The van der Waals surface area contributed by atoms with Gasteiger partial charge in [0.05, 0.1) is 13.5 Å². The summed E-state index contributed by atoms with van der Waals surface area (Å²) in [5, 5.41) is 3.08. The van der Waals surface area contributed by atoms with Crippen LogP contribution in [0.25, 0.3) is 0 Å². The Morgan fingerprint density at radius 3 is 2.83 bits per heavy atom. The molecule has 0 spiro atoms. The van der Waals surface area contributed by atoms with Crippen molar-refractivity contribution in [2.75, 3.05) is 20.2 Å². The van der Waals surface area contributed by atoms with Gasteiger partial charge in [0.1, 0.15) is 0 Å². The molecule has 0 amide bonds. The van der Waals surface area contributed by atoms with Crippen molar-refractivity contribution < 1.29 is 9.53 Å². The number of hydrogen-bond donors (Lipinski definition) is 1. The molecule has 0 fully saturated rings. The third kappa shape index (κ3) is 7.10. The van der Waals surface area contributed by atoms with E-state index >= 15 is 0 Å². The average Bonchev–Trinajstić information content (AvgIpc) is 2.10. The quantitative estimate of drug-likeness (QED) is 0.371. The molecule has 0 heterocycles. The first kappa shape index (κ1) is 11.0. The van der Waals surface area contributed by atoms with E-state index in [0.717, 1.165) is 13.0 Å². The van der Waals surface area contributed by atoms with E-state index in [9.17, 15) is 4.79 Å². The zero-order valence-corrected chi connectivity index (χ0v) is 7.64. The van der Waals surface area contributed by atoms with Crippen molar-refractivity contribution in [1.82, 2.24) is 5.32 Å². The predicted molar refractivity (Wildman–Crippen MR) is 47.6 cm³/mol. The lowest BCUT2D eigenvalue weighted by Crippen LogP contribution is -2.19. The number of carbonyl (C=O) groups excluding carboxylic acids is 1. The van der Waals surface area contributed by atoms with Gasteiger partial charge in [-0.05, 0) is 6.92 Å². The topological polar surface area (TPSA) is 38.3 Å². The Kier molecular flexibility index (Phi) is 7.41. The Morgan fingerprint density at radius 1 is 1.50 bits per heavy atom. The van der Waals surface area contributed by atoms with Crippen LogP contribution in [0.1, 0.15) is 19.8 Å². The molecule has 0 aromatic rings. The summed E-state index contributed by atoms with van der Waals surface area (Å²) >= 11 is 0. The van der Waals surface area contributed by atoms with Gasteiger partial charge in [-0.25, -0.2) is 0 Å². The smallest absolute Gasteiger partial charge is 0.306 e. The van der Waals surface area contributed by atoms with E-state index in [4.69, 9.17) is 0 Å². The van der Waals surface area contributed by atoms with E-state index in [2.05, 4.69) is 21.9 Å². The van der Waals surface area contributed by atoms with Gasteiger partial charge in [0, 0.05) is 19.5 Å². The number of hydrogen-bond acceptors (Lipinski definition) is 3. The van der Waals surface area contributed by atoms with Gasteiger partial charge >= 0.3 is 5.97 Å². The highest BCUT2D eigenvalue weighted by atomic mass is 16.5. The van der Waals surface area contributed by atoms with E-state index in [0.29, 0.717) is 13.0 Å². The molecule has 0 rings (SSSR count). The summed E-state index contributed by atoms with van der Waals surface area (Å²) in [6.45, 7) is 3.31. The predicted octanol–water partition coefficient (Wildman–Crippen LogP) is 0.552. The van der Waals surface area contributed by atoms with E-state index in [1.54, 1.807) is 0 Å². The highest BCUT2D eigenvalue weighted by Crippen LogP contribution is 1.81. The molecule has 0 saturated heterocycles. The van der Waals surface area contributed by atoms with Gasteiger partial charge in [0.15, 0.2) is 0 Å². The highest BCUT2D eigenvalue weighted by Gasteiger charge is 1.96. The van der Waals surface area contributed by atoms with Gasteiger partial charge in [-0.2, -0.15) is 0 Å². The van der Waals surface area contributed by atoms with Crippen LogP contribution in [0.15, 0.2) is 0 Å². The summed E-state index contributed by atoms with van der Waals surface area (Å²) in [4.78, 5) is 10.6. The van der Waals surface area contributed by atoms with Gasteiger partial charge in [0.25, 0.3) is 0 Å². The molecule has 0 aliphatic rings. The summed E-state index contributed by atoms with van der Waals surface area (Å²) in [7, 11) is 1.39. The number of methoxy groups -OCH3 is 1. The summed E-state index contributed by atoms with van der Waals surface area (Å²) in [6, 6.07) is 0. The molecule has 1 N–H and O–H groups in total. The molecule has 0 saturated carbocycles. The van der Waals surface area contributed by atoms with E-state index in [-0.39, 0.29) is 5.97 Å². The second kappa shape index (κ2) is 8.09. The molecule has 0 aromatic heterocycles. The maximum Gasteiger partial charge on any atom is 0.306 e. The molecule has 0 aromatic carbocycles. The van der Waals surface area contributed by atoms with Crippen LogP contribution in [0.5, 0.6) is 0 Å². The number of ether oxygens (including phenoxy) is 1. The average molecular weight is 169 g/mol. The summed E-state index contributed by atoms with van der Waals surface area (Å²) in [6.07, 6.45) is 1.26. The monoisotopic (exact) mass is 169 g/mol. The van der Waals surface area contributed by atoms with Crippen molar-refractivity contribution in [3.63, 3.8) is 0 Å². The van der Waals surface area contributed by atoms with Gasteiger partial charge in [-0.15, -0.1) is 11.8 Å². The van der Waals surface area contributed by atoms with Crippen LogP contribution in [0.2, 0.25) is 0 Å². The molecule has 12 heavy (non-hydrogen) atoms. The minimum absolute atomic E-state index is 0.177. The first-order chi connectivity index (χ1) is 5.81. The Balaban J connectivity index is 3.09. The van der Waals surface area contributed by atoms with Crippen LogP contribution in [0.4, 0.5) is 0 Å². The molecule has 0 radical (unpaired) electrons. The molecular formula is C9H15NO2. The van der Waals surface area contributed by atoms with Gasteiger partial charge < -0.3 is 10.1 Å². The molecule has 68 valence electrons. The zero-order valence-electron chi connectivity index (χ0n) is 7.64. The van der Waals surface area contributed by atoms with Crippen LogP contribution in [0.3, 0.4) is 0 Å². The molecule has 0 bridgehead atoms. The van der Waals surface area contributed by atoms with Crippen LogP contribution < -0.4 is 5.32 Å². The fourth-order valence-corrected chi connectivity index (χ4v) is 0.693. The normalized spacial score (nSPS) is 8.50. The lowest BCUT2D eigenvalue weighted by molar-refractivity contribution is -0.140. The first-order valence-corrected chi connectivity index (χ1v) is 3.98. The zero-order chi connectivity index (χ0) is 9.23. The van der Waals surface area contributed by atoms with Crippen LogP contribution >= 0.6 is 0 Å². The van der Waals surface area contributed by atoms with Crippen LogP contribution in [0, 0.1) is 11.8 Å². The lowest BCUT2D eigenvalue weighted by atomic mass is 10.4. The Morgan fingerprint density at radius 2 is 2.25 bits per heavy atom. The molecule has 0 aliphatic carbocycles. The number of rotatable bonds is 5. The maximum atomic E-state index is 10.6. The Hall–Kier alpha value is -1.01. The van der Waals surface area contributed by atoms with Crippen molar-refractivity contribution >= 4 is 5.97 Å². The largest absolute Gasteiger partial charge is 0.469 e. The van der Waals surface area contributed by atoms with Gasteiger partial charge in [0.2, 0.25) is 0 Å². The van der Waals surface area contributed by atoms with Crippen molar-refractivity contribution in [3.8, 4) is 11.8 Å². The van der Waals surface area contributed by atoms with Crippen molar-refractivity contribution in [2.45, 2.75) is 19.8 Å². The number of esters is 1. The molecular weight excluding hydrogens is 154 g/mol. The first-order valence-electron chi connectivity index (χ1n) is 3.98. The van der Waals surface area contributed by atoms with Crippen molar-refractivity contribution in [2.24, 2.45) is 0 Å². The standard InChI is InChI=1S/C9H15NO2/c1-3-4-5-7-10-8-6-9(11)12-2/h10H,5-8H2,1-2H3. The summed E-state index contributed by atoms with van der Waals surface area (Å²) in [5.41, 5.74) is 0. The second-order valence-corrected chi connectivity index (χ2v) is 2.25. The number of nitrogens with one attached hydrogen (secondary N) is 1. The van der Waals surface area contributed by atoms with Crippen molar-refractivity contribution in [3.05, 3.63) is 0 Å². The fraction of sp³-hybridized carbons (Fsp3) is 0.667. The minimum atomic E-state index is -0.177. The molecule has 0 unspecified atom stereocenters. The second-order valence-electron chi connectivity index (χ2n) is 2.25. The number of carbonyl (C=O) groups is 1. The van der Waals surface area contributed by atoms with Crippen LogP contribution in [-0.2, 0) is 9.53 Å². The SMILES string of the molecule is CC#CCCNCCC(=O)OC. The van der Waals surface area contributed by atoms with E-state index in [1.165, 1.54) is 7.11 Å². The maximum absolute atomic E-state index is 10.6. The fourth-order valence-electron chi connectivity index (χ4n) is 0.693. The summed E-state index contributed by atoms with van der Waals surface area (Å²) in [5.74, 6) is 5.54. The molecule has 0 aliphatic heterocycles. The van der Waals surface area contributed by atoms with Gasteiger partial charge in [-0.1, -0.05) is 0 Å². The third-order valence-corrected chi connectivity index (χ3v) is 1.34. The highest BCUT2D eigenvalue weighted by molar-refractivity contribution is 5.69. The lowest BCUT2D eigenvalue weighted by Gasteiger charge is -2.00. The Bertz CT molecular complexity index is 179. The van der Waals surface area contributed by atoms with E-state index in [1.807, 2.05) is 6.92 Å². The molecule has 3 heteroatoms. The summed E-state index contributed by atoms with van der Waals surface area (Å²) < 4.78 is 4.47. The molecule has 0 atom stereocenters. The molecule has 3 nitrogen and oxygen atoms in total. The van der Waals surface area contributed by atoms with Gasteiger partial charge in [-0.3, -0.25) is 4.79 Å². The minimum Gasteiger partial charge on any atom is -0.469 e. The van der Waals surface area contributed by atoms with Crippen molar-refractivity contribution in [1.29, 1.82) is 0 Å². The van der Waals surface area contributed by atoms with E-state index < -0.39 is 0 Å². The Labute approximate surface area is 73.5 Å². The van der Waals surface area contributed by atoms with Crippen LogP contribution in [-0.4, -0.2) is 26.2 Å². The third-order valence-electron chi connectivity index (χ3n) is 1.34.